The summed E-state index contributed by atoms with van der Waals surface area (Å²) in [5, 5.41) is 0. The molecule has 4 aromatic rings. The number of hydrogen-bond donors (Lipinski definition) is 0. The fourth-order valence-corrected chi connectivity index (χ4v) is 9.91. The van der Waals surface area contributed by atoms with Crippen molar-refractivity contribution in [3.63, 3.8) is 0 Å². The van der Waals surface area contributed by atoms with Crippen LogP contribution in [0, 0.1) is 0 Å². The molecule has 0 amide bonds. The number of fused-ring (bicyclic) bond motifs is 2. The van der Waals surface area contributed by atoms with Crippen LogP contribution in [0.3, 0.4) is 0 Å². The van der Waals surface area contributed by atoms with Crippen molar-refractivity contribution in [1.29, 1.82) is 0 Å². The van der Waals surface area contributed by atoms with Crippen molar-refractivity contribution < 1.29 is 65.9 Å². The smallest absolute Gasteiger partial charge is 0.311 e. The van der Waals surface area contributed by atoms with Crippen molar-refractivity contribution in [3.8, 4) is 46.0 Å². The number of rotatable bonds is 24. The van der Waals surface area contributed by atoms with E-state index in [1.54, 1.807) is 56.9 Å². The minimum absolute atomic E-state index is 0.0393. The minimum Gasteiger partial charge on any atom is -0.493 e. The molecular formula is C53H72N2O12+2. The molecular weight excluding hydrogens is 857 g/mol. The van der Waals surface area contributed by atoms with Gasteiger partial charge in [0.15, 0.2) is 46.0 Å². The lowest BCUT2D eigenvalue weighted by Crippen LogP contribution is -2.53. The largest absolute Gasteiger partial charge is 0.493 e. The van der Waals surface area contributed by atoms with Gasteiger partial charge in [-0.15, -0.1) is 0 Å². The Morgan fingerprint density at radius 3 is 1.16 bits per heavy atom. The normalized spacial score (nSPS) is 19.6. The van der Waals surface area contributed by atoms with Gasteiger partial charge in [0.25, 0.3) is 0 Å². The Balaban J connectivity index is 0.987. The van der Waals surface area contributed by atoms with Crippen LogP contribution in [-0.2, 0) is 44.7 Å². The predicted molar refractivity (Wildman–Crippen MR) is 255 cm³/mol. The molecule has 0 saturated heterocycles. The first-order chi connectivity index (χ1) is 32.4. The first kappa shape index (κ1) is 50.6. The van der Waals surface area contributed by atoms with Gasteiger partial charge < -0.3 is 56.3 Å². The molecule has 4 aromatic carbocycles. The second-order valence-electron chi connectivity index (χ2n) is 18.0. The van der Waals surface area contributed by atoms with E-state index in [9.17, 15) is 9.59 Å². The summed E-state index contributed by atoms with van der Waals surface area (Å²) in [6.45, 7) is 3.57. The molecule has 0 spiro atoms. The van der Waals surface area contributed by atoms with E-state index < -0.39 is 0 Å². The van der Waals surface area contributed by atoms with Crippen LogP contribution in [0.15, 0.2) is 60.7 Å². The van der Waals surface area contributed by atoms with Crippen LogP contribution >= 0.6 is 0 Å². The molecule has 14 nitrogen and oxygen atoms in total. The molecule has 2 aliphatic rings. The quantitative estimate of drug-likeness (QED) is 0.0383. The topological polar surface area (TPSA) is 126 Å². The fraction of sp³-hybridized carbons (Fsp3) is 0.509. The highest BCUT2D eigenvalue weighted by atomic mass is 16.5. The third-order valence-electron chi connectivity index (χ3n) is 14.0. The van der Waals surface area contributed by atoms with Gasteiger partial charge in [0.05, 0.1) is 123 Å². The Morgan fingerprint density at radius 1 is 0.463 bits per heavy atom. The number of benzene rings is 4. The number of ether oxygens (including phenoxy) is 10. The number of hydrogen-bond acceptors (Lipinski definition) is 12. The number of quaternary nitrogens is 2. The van der Waals surface area contributed by atoms with E-state index in [-0.39, 0.29) is 24.0 Å². The van der Waals surface area contributed by atoms with E-state index in [0.29, 0.717) is 107 Å². The lowest BCUT2D eigenvalue weighted by molar-refractivity contribution is -0.940. The van der Waals surface area contributed by atoms with Gasteiger partial charge >= 0.3 is 11.9 Å². The van der Waals surface area contributed by atoms with Crippen LogP contribution in [0.2, 0.25) is 0 Å². The number of methoxy groups -OCH3 is 8. The van der Waals surface area contributed by atoms with Gasteiger partial charge in [-0.1, -0.05) is 12.1 Å². The molecule has 14 heteroatoms. The van der Waals surface area contributed by atoms with Gasteiger partial charge in [0, 0.05) is 36.8 Å². The summed E-state index contributed by atoms with van der Waals surface area (Å²) < 4.78 is 57.8. The summed E-state index contributed by atoms with van der Waals surface area (Å²) in [7, 11) is 17.6. The Bertz CT molecular complexity index is 2160. The predicted octanol–water partition coefficient (Wildman–Crippen LogP) is 8.07. The van der Waals surface area contributed by atoms with Gasteiger partial charge in [0.1, 0.15) is 12.1 Å². The van der Waals surface area contributed by atoms with Crippen molar-refractivity contribution >= 4 is 11.9 Å². The van der Waals surface area contributed by atoms with Crippen LogP contribution in [-0.4, -0.2) is 131 Å². The van der Waals surface area contributed by atoms with E-state index in [1.165, 1.54) is 22.3 Å². The average molecular weight is 929 g/mol. The SMILES string of the molecule is COc1ccc(C[C@H]2c3cc(OC)c(OC)cc3CC[N@+]2(C)CCC(=O)OCCCCCOC(=O)CC[N@+]2(C)CCc3cc(OC)c(OC)cc3[C@@H]2Cc2ccc(OC)c(OC)c2)cc1OC. The number of carbonyl (C=O) groups is 2. The zero-order valence-electron chi connectivity index (χ0n) is 41.3. The van der Waals surface area contributed by atoms with Crippen molar-refractivity contribution in [1.82, 2.24) is 0 Å². The van der Waals surface area contributed by atoms with E-state index in [1.807, 2.05) is 24.3 Å². The van der Waals surface area contributed by atoms with Crippen LogP contribution in [0.25, 0.3) is 0 Å². The van der Waals surface area contributed by atoms with Crippen LogP contribution < -0.4 is 37.9 Å². The lowest BCUT2D eigenvalue weighted by atomic mass is 9.86. The Kier molecular flexibility index (Phi) is 17.5. The van der Waals surface area contributed by atoms with Crippen molar-refractivity contribution in [2.45, 2.75) is 69.9 Å². The van der Waals surface area contributed by atoms with Crippen molar-refractivity contribution in [2.75, 3.05) is 110 Å². The van der Waals surface area contributed by atoms with Crippen molar-refractivity contribution in [2.24, 2.45) is 0 Å². The molecule has 6 rings (SSSR count). The molecule has 364 valence electrons. The maximum Gasteiger partial charge on any atom is 0.311 e. The minimum atomic E-state index is -0.215. The Hall–Kier alpha value is -5.86. The number of likely N-dealkylation sites (N-methyl/N-ethyl adjacent to an activating group) is 2. The fourth-order valence-electron chi connectivity index (χ4n) is 9.91. The zero-order valence-corrected chi connectivity index (χ0v) is 41.3. The Labute approximate surface area is 397 Å². The molecule has 0 aliphatic carbocycles. The van der Waals surface area contributed by atoms with Gasteiger partial charge in [-0.2, -0.15) is 0 Å². The molecule has 0 N–H and O–H groups in total. The van der Waals surface area contributed by atoms with Crippen LogP contribution in [0.4, 0.5) is 0 Å². The molecule has 2 heterocycles. The molecule has 0 radical (unpaired) electrons. The van der Waals surface area contributed by atoms with Crippen LogP contribution in [0.1, 0.15) is 77.6 Å². The third kappa shape index (κ3) is 12.0. The summed E-state index contributed by atoms with van der Waals surface area (Å²) >= 11 is 0. The highest BCUT2D eigenvalue weighted by molar-refractivity contribution is 5.69. The molecule has 0 fully saturated rings. The molecule has 0 bridgehead atoms. The monoisotopic (exact) mass is 929 g/mol. The van der Waals surface area contributed by atoms with E-state index in [2.05, 4.69) is 50.5 Å². The molecule has 67 heavy (non-hydrogen) atoms. The molecule has 4 atom stereocenters. The second kappa shape index (κ2) is 23.2. The highest BCUT2D eigenvalue weighted by Gasteiger charge is 2.42. The van der Waals surface area contributed by atoms with Crippen molar-refractivity contribution in [3.05, 3.63) is 94.0 Å². The van der Waals surface area contributed by atoms with Gasteiger partial charge in [-0.25, -0.2) is 0 Å². The summed E-state index contributed by atoms with van der Waals surface area (Å²) in [4.78, 5) is 26.4. The van der Waals surface area contributed by atoms with E-state index in [0.717, 1.165) is 56.3 Å². The number of nitrogens with zero attached hydrogens (tertiary/aromatic N) is 2. The number of carbonyl (C=O) groups excluding carboxylic acids is 2. The standard InChI is InChI=1S/C53H72N2O12/c1-54(22-18-38-32-48(62-7)50(64-9)34-40(38)42(54)28-36-14-16-44(58-3)46(30-36)60-5)24-20-52(56)66-26-12-11-13-27-67-53(57)21-25-55(2)23-19-39-33-49(63-8)51(65-10)35-41(39)43(55)29-37-15-17-45(59-4)47(31-37)61-6/h14-17,30-35,42-43H,11-13,18-29H2,1-10H3/q+2/t42-,43-,54-,55+/m0/s1. The van der Waals surface area contributed by atoms with E-state index >= 15 is 0 Å². The van der Waals surface area contributed by atoms with Gasteiger partial charge in [-0.05, 0) is 90.0 Å². The molecule has 0 unspecified atom stereocenters. The summed E-state index contributed by atoms with van der Waals surface area (Å²) in [6, 6.07) is 20.5. The zero-order chi connectivity index (χ0) is 48.1. The maximum atomic E-state index is 13.2. The van der Waals surface area contributed by atoms with E-state index in [4.69, 9.17) is 47.4 Å². The summed E-state index contributed by atoms with van der Waals surface area (Å²) in [5.41, 5.74) is 7.00. The average Bonchev–Trinajstić information content (AvgIpc) is 3.35. The highest BCUT2D eigenvalue weighted by Crippen LogP contribution is 2.45. The molecule has 0 aromatic heterocycles. The van der Waals surface area contributed by atoms with Crippen LogP contribution in [0.5, 0.6) is 46.0 Å². The van der Waals surface area contributed by atoms with Gasteiger partial charge in [-0.3, -0.25) is 9.59 Å². The molecule has 2 aliphatic heterocycles. The second-order valence-corrected chi connectivity index (χ2v) is 18.0. The first-order valence-electron chi connectivity index (χ1n) is 23.3. The third-order valence-corrected chi connectivity index (χ3v) is 14.0. The number of esters is 2. The summed E-state index contributed by atoms with van der Waals surface area (Å²) in [6.07, 6.45) is 5.85. The lowest BCUT2D eigenvalue weighted by Gasteiger charge is -2.46. The van der Waals surface area contributed by atoms with Gasteiger partial charge in [0.2, 0.25) is 0 Å². The summed E-state index contributed by atoms with van der Waals surface area (Å²) in [5.74, 6) is 5.06. The molecule has 0 saturated carbocycles. The first-order valence-corrected chi connectivity index (χ1v) is 23.3. The number of unbranched alkanes of at least 4 members (excludes halogenated alkanes) is 2. The maximum absolute atomic E-state index is 13.2. The Morgan fingerprint density at radius 2 is 0.806 bits per heavy atom.